The zero-order valence-electron chi connectivity index (χ0n) is 11.6. The van der Waals surface area contributed by atoms with Gasteiger partial charge in [-0.3, -0.25) is 4.79 Å². The summed E-state index contributed by atoms with van der Waals surface area (Å²) in [6.45, 7) is 2.31. The molecule has 0 aliphatic heterocycles. The highest BCUT2D eigenvalue weighted by molar-refractivity contribution is 7.80. The lowest BCUT2D eigenvalue weighted by molar-refractivity contribution is -0.121. The predicted molar refractivity (Wildman–Crippen MR) is 81.6 cm³/mol. The lowest BCUT2D eigenvalue weighted by Gasteiger charge is -2.16. The molecule has 0 saturated heterocycles. The molecule has 0 spiro atoms. The summed E-state index contributed by atoms with van der Waals surface area (Å²) in [4.78, 5) is 13.0. The van der Waals surface area contributed by atoms with Crippen molar-refractivity contribution in [1.29, 1.82) is 0 Å². The van der Waals surface area contributed by atoms with Gasteiger partial charge in [-0.2, -0.15) is 0 Å². The van der Waals surface area contributed by atoms with Gasteiger partial charge in [0.15, 0.2) is 0 Å². The molecule has 1 aliphatic rings. The summed E-state index contributed by atoms with van der Waals surface area (Å²) < 4.78 is 0. The molecule has 1 saturated carbocycles. The van der Waals surface area contributed by atoms with Gasteiger partial charge >= 0.3 is 0 Å². The number of hydrogen-bond donors (Lipinski definition) is 2. The smallest absolute Gasteiger partial charge is 0.224 e. The van der Waals surface area contributed by atoms with E-state index in [1.54, 1.807) is 0 Å². The van der Waals surface area contributed by atoms with Crippen LogP contribution in [-0.2, 0) is 11.2 Å². The molecule has 2 nitrogen and oxygen atoms in total. The molecule has 19 heavy (non-hydrogen) atoms. The normalized spacial score (nSPS) is 23.7. The van der Waals surface area contributed by atoms with Crippen molar-refractivity contribution in [2.45, 2.75) is 56.4 Å². The Balaban J connectivity index is 1.82. The molecule has 104 valence electrons. The molecule has 0 heterocycles. The van der Waals surface area contributed by atoms with Gasteiger partial charge < -0.3 is 5.32 Å². The first-order valence-electron chi connectivity index (χ1n) is 7.21. The zero-order chi connectivity index (χ0) is 13.7. The molecule has 0 radical (unpaired) electrons. The summed E-state index contributed by atoms with van der Waals surface area (Å²) in [5, 5.41) is 3.18. The van der Waals surface area contributed by atoms with Crippen molar-refractivity contribution in [3.63, 3.8) is 0 Å². The lowest BCUT2D eigenvalue weighted by atomic mass is 10.0. The Morgan fingerprint density at radius 2 is 1.95 bits per heavy atom. The standard InChI is InChI=1S/C16H23NOS/c1-12-3-2-4-14(8-5-12)17-16(18)11-13-6-9-15(19)10-7-13/h6-7,9-10,12,14,19H,2-5,8,11H2,1H3,(H,17,18). The number of carbonyl (C=O) groups is 1. The molecule has 1 aromatic rings. The number of amides is 1. The number of rotatable bonds is 3. The van der Waals surface area contributed by atoms with Crippen LogP contribution < -0.4 is 5.32 Å². The summed E-state index contributed by atoms with van der Waals surface area (Å²) in [5.74, 6) is 0.955. The van der Waals surface area contributed by atoms with E-state index in [4.69, 9.17) is 0 Å². The third-order valence-corrected chi connectivity index (χ3v) is 4.22. The Kier molecular flexibility index (Phi) is 5.32. The summed E-state index contributed by atoms with van der Waals surface area (Å²) in [6, 6.07) is 8.17. The zero-order valence-corrected chi connectivity index (χ0v) is 12.5. The van der Waals surface area contributed by atoms with Crippen LogP contribution in [0.25, 0.3) is 0 Å². The molecule has 0 bridgehead atoms. The van der Waals surface area contributed by atoms with Gasteiger partial charge in [-0.25, -0.2) is 0 Å². The van der Waals surface area contributed by atoms with Gasteiger partial charge in [-0.15, -0.1) is 12.6 Å². The molecule has 2 unspecified atom stereocenters. The van der Waals surface area contributed by atoms with Crippen molar-refractivity contribution in [3.8, 4) is 0 Å². The van der Waals surface area contributed by atoms with Crippen LogP contribution >= 0.6 is 12.6 Å². The molecular formula is C16H23NOS. The Bertz CT molecular complexity index is 415. The molecule has 2 rings (SSSR count). The summed E-state index contributed by atoms with van der Waals surface area (Å²) in [7, 11) is 0. The van der Waals surface area contributed by atoms with Crippen LogP contribution in [0.1, 0.15) is 44.6 Å². The van der Waals surface area contributed by atoms with Crippen LogP contribution in [0.5, 0.6) is 0 Å². The van der Waals surface area contributed by atoms with Gasteiger partial charge in [0.1, 0.15) is 0 Å². The molecule has 1 amide bonds. The molecular weight excluding hydrogens is 254 g/mol. The number of thiol groups is 1. The lowest BCUT2D eigenvalue weighted by Crippen LogP contribution is -2.35. The van der Waals surface area contributed by atoms with Gasteiger partial charge in [0.2, 0.25) is 5.91 Å². The van der Waals surface area contributed by atoms with Gasteiger partial charge in [-0.05, 0) is 42.9 Å². The maximum absolute atomic E-state index is 12.0. The fourth-order valence-corrected chi connectivity index (χ4v) is 2.86. The van der Waals surface area contributed by atoms with E-state index in [1.165, 1.54) is 19.3 Å². The number of carbonyl (C=O) groups excluding carboxylic acids is 1. The van der Waals surface area contributed by atoms with Crippen molar-refractivity contribution >= 4 is 18.5 Å². The minimum Gasteiger partial charge on any atom is -0.353 e. The second kappa shape index (κ2) is 6.99. The molecule has 1 aromatic carbocycles. The van der Waals surface area contributed by atoms with E-state index in [1.807, 2.05) is 24.3 Å². The van der Waals surface area contributed by atoms with E-state index in [9.17, 15) is 4.79 Å². The first-order valence-corrected chi connectivity index (χ1v) is 7.65. The van der Waals surface area contributed by atoms with Gasteiger partial charge in [0.05, 0.1) is 6.42 Å². The third kappa shape index (κ3) is 4.90. The first kappa shape index (κ1) is 14.4. The molecule has 1 N–H and O–H groups in total. The molecule has 2 atom stereocenters. The summed E-state index contributed by atoms with van der Waals surface area (Å²) in [5.41, 5.74) is 1.05. The Morgan fingerprint density at radius 1 is 1.21 bits per heavy atom. The van der Waals surface area contributed by atoms with Crippen LogP contribution in [0, 0.1) is 5.92 Å². The number of hydrogen-bond acceptors (Lipinski definition) is 2. The second-order valence-corrected chi connectivity index (χ2v) is 6.24. The van der Waals surface area contributed by atoms with Crippen LogP contribution in [0.15, 0.2) is 29.2 Å². The monoisotopic (exact) mass is 277 g/mol. The van der Waals surface area contributed by atoms with Crippen LogP contribution in [0.3, 0.4) is 0 Å². The minimum atomic E-state index is 0.145. The Morgan fingerprint density at radius 3 is 2.68 bits per heavy atom. The molecule has 1 aliphatic carbocycles. The van der Waals surface area contributed by atoms with Crippen LogP contribution in [-0.4, -0.2) is 11.9 Å². The van der Waals surface area contributed by atoms with Crippen molar-refractivity contribution in [2.24, 2.45) is 5.92 Å². The second-order valence-electron chi connectivity index (χ2n) is 5.72. The van der Waals surface area contributed by atoms with Crippen molar-refractivity contribution in [1.82, 2.24) is 5.32 Å². The Hall–Kier alpha value is -0.960. The quantitative estimate of drug-likeness (QED) is 0.641. The highest BCUT2D eigenvalue weighted by Crippen LogP contribution is 2.22. The van der Waals surface area contributed by atoms with Gasteiger partial charge in [0.25, 0.3) is 0 Å². The summed E-state index contributed by atoms with van der Waals surface area (Å²) in [6.07, 6.45) is 6.50. The average molecular weight is 277 g/mol. The van der Waals surface area contributed by atoms with Gasteiger partial charge in [0, 0.05) is 10.9 Å². The largest absolute Gasteiger partial charge is 0.353 e. The molecule has 1 fully saturated rings. The summed E-state index contributed by atoms with van der Waals surface area (Å²) >= 11 is 4.25. The highest BCUT2D eigenvalue weighted by atomic mass is 32.1. The van der Waals surface area contributed by atoms with E-state index in [2.05, 4.69) is 24.9 Å². The van der Waals surface area contributed by atoms with E-state index >= 15 is 0 Å². The molecule has 0 aromatic heterocycles. The van der Waals surface area contributed by atoms with E-state index < -0.39 is 0 Å². The maximum atomic E-state index is 12.0. The number of nitrogens with one attached hydrogen (secondary N) is 1. The van der Waals surface area contributed by atoms with E-state index in [0.29, 0.717) is 12.5 Å². The first-order chi connectivity index (χ1) is 9.13. The van der Waals surface area contributed by atoms with E-state index in [-0.39, 0.29) is 5.91 Å². The predicted octanol–water partition coefficient (Wildman–Crippen LogP) is 3.60. The van der Waals surface area contributed by atoms with E-state index in [0.717, 1.165) is 29.2 Å². The minimum absolute atomic E-state index is 0.145. The SMILES string of the molecule is CC1CCCC(NC(=O)Cc2ccc(S)cc2)CC1. The fourth-order valence-electron chi connectivity index (χ4n) is 2.71. The van der Waals surface area contributed by atoms with Gasteiger partial charge in [-0.1, -0.05) is 31.9 Å². The maximum Gasteiger partial charge on any atom is 0.224 e. The molecule has 3 heteroatoms. The fraction of sp³-hybridized carbons (Fsp3) is 0.562. The number of benzene rings is 1. The highest BCUT2D eigenvalue weighted by Gasteiger charge is 2.17. The van der Waals surface area contributed by atoms with Crippen molar-refractivity contribution < 1.29 is 4.79 Å². The third-order valence-electron chi connectivity index (χ3n) is 3.92. The topological polar surface area (TPSA) is 29.1 Å². The van der Waals surface area contributed by atoms with Crippen molar-refractivity contribution in [3.05, 3.63) is 29.8 Å². The van der Waals surface area contributed by atoms with Crippen LogP contribution in [0.2, 0.25) is 0 Å². The van der Waals surface area contributed by atoms with Crippen molar-refractivity contribution in [2.75, 3.05) is 0 Å². The average Bonchev–Trinajstić information content (AvgIpc) is 2.57. The Labute approximate surface area is 121 Å². The van der Waals surface area contributed by atoms with Crippen LogP contribution in [0.4, 0.5) is 0 Å².